The first kappa shape index (κ1) is 33.1. The van der Waals surface area contributed by atoms with Crippen LogP contribution in [0.3, 0.4) is 0 Å². The minimum absolute atomic E-state index is 0.00705. The zero-order chi connectivity index (χ0) is 32.7. The Hall–Kier alpha value is -3.22. The maximum Gasteiger partial charge on any atom is 0.306 e. The summed E-state index contributed by atoms with van der Waals surface area (Å²) in [5.41, 5.74) is 1.25. The second kappa shape index (κ2) is 12.9. The van der Waals surface area contributed by atoms with Gasteiger partial charge >= 0.3 is 5.97 Å². The smallest absolute Gasteiger partial charge is 0.306 e. The molecule has 0 aliphatic carbocycles. The van der Waals surface area contributed by atoms with E-state index in [1.54, 1.807) is 24.3 Å². The number of ether oxygens (including phenoxy) is 4. The van der Waals surface area contributed by atoms with Crippen molar-refractivity contribution in [2.24, 2.45) is 5.92 Å². The van der Waals surface area contributed by atoms with E-state index in [4.69, 9.17) is 23.4 Å². The quantitative estimate of drug-likeness (QED) is 0.191. The molecule has 2 fully saturated rings. The van der Waals surface area contributed by atoms with Gasteiger partial charge in [0.15, 0.2) is 27.0 Å². The van der Waals surface area contributed by atoms with Gasteiger partial charge in [-0.05, 0) is 43.1 Å². The van der Waals surface area contributed by atoms with Gasteiger partial charge in [-0.2, -0.15) is 0 Å². The van der Waals surface area contributed by atoms with E-state index in [0.29, 0.717) is 0 Å². The number of carbonyl (C=O) groups is 4. The molecule has 0 unspecified atom stereocenters. The number of amides is 2. The van der Waals surface area contributed by atoms with Crippen LogP contribution >= 0.6 is 0 Å². The van der Waals surface area contributed by atoms with Gasteiger partial charge in [0.05, 0.1) is 24.2 Å². The van der Waals surface area contributed by atoms with Crippen molar-refractivity contribution in [3.63, 3.8) is 0 Å². The highest BCUT2D eigenvalue weighted by molar-refractivity contribution is 6.74. The molecule has 11 heteroatoms. The first-order chi connectivity index (χ1) is 21.2. The summed E-state index contributed by atoms with van der Waals surface area (Å²) in [6.07, 6.45) is -4.94. The molecule has 3 aliphatic rings. The number of nitrogens with zero attached hydrogens (tertiary/aromatic N) is 1. The van der Waals surface area contributed by atoms with E-state index in [2.05, 4.69) is 40.8 Å². The monoisotopic (exact) mass is 637 g/mol. The molecule has 0 N–H and O–H groups in total. The molecule has 2 amide bonds. The Bertz CT molecular complexity index is 1410. The van der Waals surface area contributed by atoms with Crippen LogP contribution in [-0.4, -0.2) is 74.0 Å². The molecule has 5 rings (SSSR count). The topological polar surface area (TPSA) is 118 Å². The summed E-state index contributed by atoms with van der Waals surface area (Å²) < 4.78 is 32.2. The fourth-order valence-electron chi connectivity index (χ4n) is 5.95. The van der Waals surface area contributed by atoms with E-state index in [1.807, 2.05) is 30.3 Å². The Balaban J connectivity index is 1.59. The molecule has 242 valence electrons. The highest BCUT2D eigenvalue weighted by atomic mass is 28.4. The van der Waals surface area contributed by atoms with Crippen molar-refractivity contribution in [3.8, 4) is 0 Å². The molecule has 2 aromatic carbocycles. The molecular weight excluding hydrogens is 594 g/mol. The number of benzene rings is 2. The molecule has 0 bridgehead atoms. The summed E-state index contributed by atoms with van der Waals surface area (Å²) in [5.74, 6) is -1.63. The zero-order valence-corrected chi connectivity index (χ0v) is 28.0. The van der Waals surface area contributed by atoms with Gasteiger partial charge in [-0.25, -0.2) is 0 Å². The lowest BCUT2D eigenvalue weighted by molar-refractivity contribution is -0.341. The molecule has 3 aliphatic heterocycles. The zero-order valence-electron chi connectivity index (χ0n) is 27.0. The Morgan fingerprint density at radius 2 is 1.56 bits per heavy atom. The van der Waals surface area contributed by atoms with Crippen LogP contribution in [0.15, 0.2) is 54.6 Å². The van der Waals surface area contributed by atoms with E-state index in [0.717, 1.165) is 10.5 Å². The molecule has 3 heterocycles. The normalized spacial score (nSPS) is 26.9. The Morgan fingerprint density at radius 1 is 0.956 bits per heavy atom. The molecule has 0 radical (unpaired) electrons. The predicted octanol–water partition coefficient (Wildman–Crippen LogP) is 5.43. The van der Waals surface area contributed by atoms with Gasteiger partial charge in [0.25, 0.3) is 11.8 Å². The number of imide groups is 1. The maximum atomic E-state index is 14.0. The largest absolute Gasteiger partial charge is 0.457 e. The fraction of sp³-hybridized carbons (Fsp3) is 0.529. The van der Waals surface area contributed by atoms with Crippen molar-refractivity contribution in [3.05, 3.63) is 71.3 Å². The average molecular weight is 638 g/mol. The third kappa shape index (κ3) is 6.41. The van der Waals surface area contributed by atoms with Crippen LogP contribution in [0, 0.1) is 5.92 Å². The van der Waals surface area contributed by atoms with Crippen molar-refractivity contribution in [2.75, 3.05) is 6.61 Å². The molecule has 0 aromatic heterocycles. The predicted molar refractivity (Wildman–Crippen MR) is 167 cm³/mol. The number of Topliss-reactive ketones (excluding diaryl/α,β-unsaturated/α-hetero) is 1. The number of ketones is 1. The maximum absolute atomic E-state index is 14.0. The molecule has 2 aromatic rings. The van der Waals surface area contributed by atoms with Crippen molar-refractivity contribution < 1.29 is 42.6 Å². The van der Waals surface area contributed by atoms with Gasteiger partial charge in [-0.3, -0.25) is 19.3 Å². The molecule has 0 saturated carbocycles. The van der Waals surface area contributed by atoms with Crippen LogP contribution in [0.2, 0.25) is 18.1 Å². The van der Waals surface area contributed by atoms with Crippen molar-refractivity contribution in [2.45, 2.75) is 103 Å². The minimum atomic E-state index is -2.66. The number of hydrogen-bond acceptors (Lipinski definition) is 9. The average Bonchev–Trinajstić information content (AvgIpc) is 3.25. The lowest BCUT2D eigenvalue weighted by Crippen LogP contribution is -2.70. The standard InChI is InChI=1S/C34H43NO9Si/c1-20(2)34(4,5)45(6,7)44-33-27(35-30(38)23-15-11-12-16-24(23)31(35)39)29(42-26(37)18-17-21(3)36)28-25(41-33)19-40-32(43-28)22-13-9-8-10-14-22/h8-16,20,25,27-29,32-33H,17-19H2,1-7H3/t25-,27-,28-,29-,32-,33+/m1/s1. The number of carbonyl (C=O) groups excluding carboxylic acids is 4. The molecule has 6 atom stereocenters. The number of rotatable bonds is 10. The number of fused-ring (bicyclic) bond motifs is 2. The van der Waals surface area contributed by atoms with Crippen molar-refractivity contribution in [1.82, 2.24) is 4.90 Å². The number of esters is 1. The van der Waals surface area contributed by atoms with Crippen LogP contribution in [0.4, 0.5) is 0 Å². The Morgan fingerprint density at radius 3 is 2.13 bits per heavy atom. The SMILES string of the molecule is CC(=O)CCC(=O)O[C@H]1[C@@H]2O[C@H](c3ccccc3)OC[C@H]2O[C@@H](O[Si](C)(C)C(C)(C)C(C)C)[C@@H]1N1C(=O)c2ccccc2C1=O. The van der Waals surface area contributed by atoms with E-state index in [9.17, 15) is 19.2 Å². The van der Waals surface area contributed by atoms with Crippen molar-refractivity contribution in [1.29, 1.82) is 0 Å². The summed E-state index contributed by atoms with van der Waals surface area (Å²) in [5, 5.41) is -0.245. The van der Waals surface area contributed by atoms with E-state index >= 15 is 0 Å². The molecular formula is C34H43NO9Si. The second-order valence-corrected chi connectivity index (χ2v) is 17.9. The number of hydrogen-bond donors (Lipinski definition) is 0. The third-order valence-electron chi connectivity index (χ3n) is 9.86. The lowest BCUT2D eigenvalue weighted by atomic mass is 9.94. The Labute approximate surface area is 265 Å². The summed E-state index contributed by atoms with van der Waals surface area (Å²) >= 11 is 0. The van der Waals surface area contributed by atoms with Gasteiger partial charge in [0, 0.05) is 12.0 Å². The second-order valence-electron chi connectivity index (χ2n) is 13.4. The highest BCUT2D eigenvalue weighted by Crippen LogP contribution is 2.47. The van der Waals surface area contributed by atoms with Crippen LogP contribution in [-0.2, 0) is 33.0 Å². The van der Waals surface area contributed by atoms with Crippen molar-refractivity contribution >= 4 is 31.9 Å². The molecule has 2 saturated heterocycles. The summed E-state index contributed by atoms with van der Waals surface area (Å²) in [7, 11) is -2.66. The van der Waals surface area contributed by atoms with Gasteiger partial charge in [-0.15, -0.1) is 0 Å². The van der Waals surface area contributed by atoms with Gasteiger partial charge in [-0.1, -0.05) is 70.2 Å². The highest BCUT2D eigenvalue weighted by Gasteiger charge is 2.60. The van der Waals surface area contributed by atoms with E-state index < -0.39 is 63.0 Å². The molecule has 45 heavy (non-hydrogen) atoms. The Kier molecular flexibility index (Phi) is 9.49. The first-order valence-corrected chi connectivity index (χ1v) is 18.4. The minimum Gasteiger partial charge on any atom is -0.457 e. The van der Waals surface area contributed by atoms with Crippen LogP contribution < -0.4 is 0 Å². The van der Waals surface area contributed by atoms with E-state index in [1.165, 1.54) is 6.92 Å². The molecule has 10 nitrogen and oxygen atoms in total. The fourth-order valence-corrected chi connectivity index (χ4v) is 8.42. The first-order valence-electron chi connectivity index (χ1n) is 15.5. The van der Waals surface area contributed by atoms with Gasteiger partial charge in [0.2, 0.25) is 0 Å². The van der Waals surface area contributed by atoms with E-state index in [-0.39, 0.29) is 47.3 Å². The van der Waals surface area contributed by atoms with Gasteiger partial charge < -0.3 is 28.2 Å². The summed E-state index contributed by atoms with van der Waals surface area (Å²) in [6, 6.07) is 14.7. The molecule has 0 spiro atoms. The lowest BCUT2D eigenvalue weighted by Gasteiger charge is -2.53. The third-order valence-corrected chi connectivity index (χ3v) is 14.4. The van der Waals surface area contributed by atoms with Crippen LogP contribution in [0.5, 0.6) is 0 Å². The summed E-state index contributed by atoms with van der Waals surface area (Å²) in [6.45, 7) is 14.2. The van der Waals surface area contributed by atoms with Crippen LogP contribution in [0.1, 0.15) is 80.0 Å². The summed E-state index contributed by atoms with van der Waals surface area (Å²) in [4.78, 5) is 54.1. The van der Waals surface area contributed by atoms with Crippen LogP contribution in [0.25, 0.3) is 0 Å². The van der Waals surface area contributed by atoms with Gasteiger partial charge in [0.1, 0.15) is 24.0 Å².